The van der Waals surface area contributed by atoms with Crippen molar-refractivity contribution in [3.63, 3.8) is 0 Å². The van der Waals surface area contributed by atoms with Crippen LogP contribution >= 0.6 is 23.2 Å². The third kappa shape index (κ3) is 5.25. The van der Waals surface area contributed by atoms with Crippen molar-refractivity contribution in [2.24, 2.45) is 0 Å². The Labute approximate surface area is 168 Å². The fraction of sp³-hybridized carbons (Fsp3) is 0.136. The van der Waals surface area contributed by atoms with Crippen LogP contribution in [0.3, 0.4) is 0 Å². The average molecular weight is 400 g/mol. The maximum Gasteiger partial charge on any atom is 0.258 e. The number of ether oxygens (including phenoxy) is 1. The molecule has 1 amide bonds. The molecule has 0 saturated heterocycles. The molecule has 0 aliphatic heterocycles. The Morgan fingerprint density at radius 1 is 0.963 bits per heavy atom. The van der Waals surface area contributed by atoms with Crippen LogP contribution in [-0.4, -0.2) is 12.5 Å². The Morgan fingerprint density at radius 2 is 1.74 bits per heavy atom. The van der Waals surface area contributed by atoms with Crippen molar-refractivity contribution in [1.82, 2.24) is 5.32 Å². The van der Waals surface area contributed by atoms with Crippen molar-refractivity contribution in [2.45, 2.75) is 13.0 Å². The topological polar surface area (TPSA) is 38.3 Å². The van der Waals surface area contributed by atoms with Crippen LogP contribution in [0.5, 0.6) is 5.75 Å². The maximum atomic E-state index is 12.2. The van der Waals surface area contributed by atoms with Crippen molar-refractivity contribution in [1.29, 1.82) is 0 Å². The van der Waals surface area contributed by atoms with Crippen LogP contribution in [0.2, 0.25) is 10.0 Å². The fourth-order valence-electron chi connectivity index (χ4n) is 2.71. The SMILES string of the molecule is C[C@H](NC(=O)COc1ccc(-c2ccccc2)cc1Cl)c1cccc(Cl)c1. The highest BCUT2D eigenvalue weighted by Crippen LogP contribution is 2.30. The number of hydrogen-bond donors (Lipinski definition) is 1. The second kappa shape index (κ2) is 8.94. The molecule has 0 saturated carbocycles. The first kappa shape index (κ1) is 19.3. The summed E-state index contributed by atoms with van der Waals surface area (Å²) < 4.78 is 5.58. The van der Waals surface area contributed by atoms with Crippen LogP contribution in [0.4, 0.5) is 0 Å². The summed E-state index contributed by atoms with van der Waals surface area (Å²) in [6.07, 6.45) is 0. The highest BCUT2D eigenvalue weighted by molar-refractivity contribution is 6.32. The van der Waals surface area contributed by atoms with Gasteiger partial charge in [-0.25, -0.2) is 0 Å². The van der Waals surface area contributed by atoms with Crippen molar-refractivity contribution >= 4 is 29.1 Å². The van der Waals surface area contributed by atoms with Crippen molar-refractivity contribution < 1.29 is 9.53 Å². The predicted octanol–water partition coefficient (Wildman–Crippen LogP) is 5.92. The van der Waals surface area contributed by atoms with E-state index in [1.54, 1.807) is 12.1 Å². The molecular weight excluding hydrogens is 381 g/mol. The van der Waals surface area contributed by atoms with E-state index in [2.05, 4.69) is 5.32 Å². The van der Waals surface area contributed by atoms with Crippen LogP contribution in [0.15, 0.2) is 72.8 Å². The highest BCUT2D eigenvalue weighted by atomic mass is 35.5. The summed E-state index contributed by atoms with van der Waals surface area (Å²) in [5, 5.41) is 3.98. The molecule has 3 aromatic rings. The Hall–Kier alpha value is -2.49. The molecule has 1 N–H and O–H groups in total. The lowest BCUT2D eigenvalue weighted by Gasteiger charge is -2.15. The van der Waals surface area contributed by atoms with Gasteiger partial charge >= 0.3 is 0 Å². The van der Waals surface area contributed by atoms with Gasteiger partial charge in [-0.1, -0.05) is 71.7 Å². The molecule has 1 atom stereocenters. The van der Waals surface area contributed by atoms with Gasteiger partial charge in [0.15, 0.2) is 6.61 Å². The fourth-order valence-corrected chi connectivity index (χ4v) is 3.15. The molecule has 27 heavy (non-hydrogen) atoms. The lowest BCUT2D eigenvalue weighted by atomic mass is 10.1. The number of nitrogens with one attached hydrogen (secondary N) is 1. The summed E-state index contributed by atoms with van der Waals surface area (Å²) in [5.74, 6) is 0.243. The zero-order chi connectivity index (χ0) is 19.2. The summed E-state index contributed by atoms with van der Waals surface area (Å²) in [6, 6.07) is 22.7. The number of benzene rings is 3. The third-order valence-electron chi connectivity index (χ3n) is 4.12. The lowest BCUT2D eigenvalue weighted by Crippen LogP contribution is -2.31. The normalized spacial score (nSPS) is 11.7. The van der Waals surface area contributed by atoms with E-state index in [4.69, 9.17) is 27.9 Å². The van der Waals surface area contributed by atoms with Gasteiger partial charge in [-0.3, -0.25) is 4.79 Å². The molecule has 0 spiro atoms. The molecule has 0 aliphatic rings. The molecule has 3 nitrogen and oxygen atoms in total. The number of rotatable bonds is 6. The molecule has 0 fully saturated rings. The second-order valence-corrected chi connectivity index (χ2v) is 6.99. The standard InChI is InChI=1S/C22H19Cl2NO2/c1-15(17-8-5-9-19(23)12-17)25-22(26)14-27-21-11-10-18(13-20(21)24)16-6-3-2-4-7-16/h2-13,15H,14H2,1H3,(H,25,26)/t15-/m0/s1. The number of carbonyl (C=O) groups excluding carboxylic acids is 1. The minimum atomic E-state index is -0.231. The van der Waals surface area contributed by atoms with Gasteiger partial charge in [0.25, 0.3) is 5.91 Å². The van der Waals surface area contributed by atoms with E-state index in [1.807, 2.05) is 67.6 Å². The minimum absolute atomic E-state index is 0.116. The van der Waals surface area contributed by atoms with Gasteiger partial charge < -0.3 is 10.1 Å². The second-order valence-electron chi connectivity index (χ2n) is 6.14. The van der Waals surface area contributed by atoms with Crippen LogP contribution in [0, 0.1) is 0 Å². The first-order valence-electron chi connectivity index (χ1n) is 8.55. The predicted molar refractivity (Wildman–Crippen MR) is 110 cm³/mol. The van der Waals surface area contributed by atoms with Gasteiger partial charge in [-0.05, 0) is 47.9 Å². The van der Waals surface area contributed by atoms with Crippen LogP contribution < -0.4 is 10.1 Å². The Morgan fingerprint density at radius 3 is 2.44 bits per heavy atom. The quantitative estimate of drug-likeness (QED) is 0.558. The number of hydrogen-bond acceptors (Lipinski definition) is 2. The highest BCUT2D eigenvalue weighted by Gasteiger charge is 2.12. The molecule has 0 aliphatic carbocycles. The van der Waals surface area contributed by atoms with Gasteiger partial charge in [0.05, 0.1) is 11.1 Å². The molecule has 3 aromatic carbocycles. The van der Waals surface area contributed by atoms with Crippen LogP contribution in [0.25, 0.3) is 11.1 Å². The van der Waals surface area contributed by atoms with E-state index in [0.29, 0.717) is 15.8 Å². The number of halogens is 2. The van der Waals surface area contributed by atoms with Crippen LogP contribution in [-0.2, 0) is 4.79 Å². The Bertz CT molecular complexity index is 929. The van der Waals surface area contributed by atoms with Crippen molar-refractivity contribution in [2.75, 3.05) is 6.61 Å². The smallest absolute Gasteiger partial charge is 0.258 e. The zero-order valence-electron chi connectivity index (χ0n) is 14.8. The molecular formula is C22H19Cl2NO2. The lowest BCUT2D eigenvalue weighted by molar-refractivity contribution is -0.123. The van der Waals surface area contributed by atoms with E-state index in [0.717, 1.165) is 16.7 Å². The maximum absolute atomic E-state index is 12.2. The molecule has 138 valence electrons. The van der Waals surface area contributed by atoms with E-state index >= 15 is 0 Å². The molecule has 0 aromatic heterocycles. The number of amides is 1. The molecule has 5 heteroatoms. The minimum Gasteiger partial charge on any atom is -0.482 e. The van der Waals surface area contributed by atoms with Gasteiger partial charge in [0, 0.05) is 5.02 Å². The Kier molecular flexibility index (Phi) is 6.38. The monoisotopic (exact) mass is 399 g/mol. The number of carbonyl (C=O) groups is 1. The van der Waals surface area contributed by atoms with E-state index < -0.39 is 0 Å². The van der Waals surface area contributed by atoms with Crippen LogP contribution in [0.1, 0.15) is 18.5 Å². The molecule has 3 rings (SSSR count). The van der Waals surface area contributed by atoms with Crippen molar-refractivity contribution in [3.05, 3.63) is 88.4 Å². The van der Waals surface area contributed by atoms with E-state index in [1.165, 1.54) is 0 Å². The summed E-state index contributed by atoms with van der Waals surface area (Å²) in [7, 11) is 0. The van der Waals surface area contributed by atoms with E-state index in [9.17, 15) is 4.79 Å². The average Bonchev–Trinajstić information content (AvgIpc) is 2.67. The Balaban J connectivity index is 1.59. The summed E-state index contributed by atoms with van der Waals surface area (Å²) in [6.45, 7) is 1.78. The van der Waals surface area contributed by atoms with Gasteiger partial charge in [-0.2, -0.15) is 0 Å². The molecule has 0 unspecified atom stereocenters. The largest absolute Gasteiger partial charge is 0.482 e. The molecule has 0 heterocycles. The van der Waals surface area contributed by atoms with Gasteiger partial charge in [0.2, 0.25) is 0 Å². The first-order valence-corrected chi connectivity index (χ1v) is 9.31. The zero-order valence-corrected chi connectivity index (χ0v) is 16.3. The van der Waals surface area contributed by atoms with Crippen molar-refractivity contribution in [3.8, 4) is 16.9 Å². The third-order valence-corrected chi connectivity index (χ3v) is 4.65. The van der Waals surface area contributed by atoms with Gasteiger partial charge in [0.1, 0.15) is 5.75 Å². The van der Waals surface area contributed by atoms with Gasteiger partial charge in [-0.15, -0.1) is 0 Å². The van der Waals surface area contributed by atoms with E-state index in [-0.39, 0.29) is 18.6 Å². The summed E-state index contributed by atoms with van der Waals surface area (Å²) >= 11 is 12.3. The molecule has 0 radical (unpaired) electrons. The summed E-state index contributed by atoms with van der Waals surface area (Å²) in [4.78, 5) is 12.2. The first-order chi connectivity index (χ1) is 13.0. The molecule has 0 bridgehead atoms. The summed E-state index contributed by atoms with van der Waals surface area (Å²) in [5.41, 5.74) is 2.99.